The maximum absolute atomic E-state index is 10.8. The van der Waals surface area contributed by atoms with Crippen molar-refractivity contribution in [3.8, 4) is 0 Å². The van der Waals surface area contributed by atoms with E-state index in [0.29, 0.717) is 37.4 Å². The monoisotopic (exact) mass is 255 g/mol. The lowest BCUT2D eigenvalue weighted by atomic mass is 10.2. The van der Waals surface area contributed by atoms with Gasteiger partial charge in [0.1, 0.15) is 0 Å². The first-order valence-corrected chi connectivity index (χ1v) is 5.63. The van der Waals surface area contributed by atoms with Gasteiger partial charge in [-0.2, -0.15) is 0 Å². The maximum atomic E-state index is 10.8. The number of anilines is 1. The molecule has 0 unspecified atom stereocenters. The molecule has 0 radical (unpaired) electrons. The predicted molar refractivity (Wildman–Crippen MR) is 66.1 cm³/mol. The van der Waals surface area contributed by atoms with Gasteiger partial charge >= 0.3 is 5.82 Å². The van der Waals surface area contributed by atoms with Crippen molar-refractivity contribution in [3.05, 3.63) is 15.9 Å². The van der Waals surface area contributed by atoms with Crippen LogP contribution in [-0.2, 0) is 11.8 Å². The number of carbonyl (C=O) groups is 1. The summed E-state index contributed by atoms with van der Waals surface area (Å²) in [5.41, 5.74) is 5.01. The Bertz CT molecular complexity index is 455. The first-order valence-electron chi connectivity index (χ1n) is 5.63. The fraction of sp³-hybridized carbons (Fsp3) is 0.600. The number of imidazole rings is 1. The van der Waals surface area contributed by atoms with Crippen LogP contribution in [0.1, 0.15) is 25.1 Å². The first-order chi connectivity index (χ1) is 8.43. The molecular weight excluding hydrogens is 238 g/mol. The van der Waals surface area contributed by atoms with Crippen LogP contribution in [-0.4, -0.2) is 26.9 Å². The van der Waals surface area contributed by atoms with Gasteiger partial charge in [-0.05, 0) is 22.7 Å². The topological polar surface area (TPSA) is 116 Å². The molecule has 0 aliphatic carbocycles. The second-order valence-electron chi connectivity index (χ2n) is 4.00. The molecular formula is C10H17N5O3. The van der Waals surface area contributed by atoms with Crippen molar-refractivity contribution >= 4 is 17.5 Å². The zero-order valence-corrected chi connectivity index (χ0v) is 10.5. The largest absolute Gasteiger partial charge is 0.406 e. The third-order valence-electron chi connectivity index (χ3n) is 2.62. The second kappa shape index (κ2) is 5.99. The molecule has 100 valence electrons. The molecule has 8 nitrogen and oxygen atoms in total. The lowest BCUT2D eigenvalue weighted by molar-refractivity contribution is -0.388. The number of nitrogens with two attached hydrogens (primary N) is 1. The smallest absolute Gasteiger partial charge is 0.370 e. The number of nitro groups is 1. The van der Waals surface area contributed by atoms with Crippen molar-refractivity contribution in [3.63, 3.8) is 0 Å². The van der Waals surface area contributed by atoms with Crippen LogP contribution < -0.4 is 11.1 Å². The fourth-order valence-corrected chi connectivity index (χ4v) is 1.55. The van der Waals surface area contributed by atoms with E-state index in [1.165, 1.54) is 0 Å². The van der Waals surface area contributed by atoms with E-state index in [2.05, 4.69) is 10.3 Å². The molecule has 0 spiro atoms. The molecule has 1 rings (SSSR count). The summed E-state index contributed by atoms with van der Waals surface area (Å²) in [6, 6.07) is 0. The summed E-state index contributed by atoms with van der Waals surface area (Å²) < 4.78 is 1.63. The zero-order valence-electron chi connectivity index (χ0n) is 10.5. The van der Waals surface area contributed by atoms with Gasteiger partial charge < -0.3 is 21.2 Å². The normalized spacial score (nSPS) is 10.3. The number of nitrogens with zero attached hydrogens (tertiary/aromatic N) is 3. The van der Waals surface area contributed by atoms with Crippen LogP contribution >= 0.6 is 0 Å². The Labute approximate surface area is 104 Å². The molecule has 3 N–H and O–H groups in total. The summed E-state index contributed by atoms with van der Waals surface area (Å²) in [7, 11) is 1.71. The number of hydrogen-bond donors (Lipinski definition) is 2. The summed E-state index contributed by atoms with van der Waals surface area (Å²) in [5.74, 6) is 0.445. The SMILES string of the molecule is Cc1nc([N+](=O)[O-])c(NCCCCC(N)=O)n1C. The predicted octanol–water partition coefficient (Wildman–Crippen LogP) is 0.704. The van der Waals surface area contributed by atoms with Crippen LogP contribution in [0.4, 0.5) is 11.6 Å². The minimum atomic E-state index is -0.515. The molecule has 8 heteroatoms. The van der Waals surface area contributed by atoms with Crippen molar-refractivity contribution in [2.75, 3.05) is 11.9 Å². The molecule has 0 bridgehead atoms. The third kappa shape index (κ3) is 3.44. The number of primary amides is 1. The summed E-state index contributed by atoms with van der Waals surface area (Å²) in [5, 5.41) is 13.8. The standard InChI is InChI=1S/C10H17N5O3/c1-7-13-10(15(17)18)9(14(7)2)12-6-4-3-5-8(11)16/h12H,3-6H2,1-2H3,(H2,11,16). The number of rotatable bonds is 7. The van der Waals surface area contributed by atoms with Gasteiger partial charge in [-0.15, -0.1) is 0 Å². The van der Waals surface area contributed by atoms with Gasteiger partial charge in [-0.3, -0.25) is 9.36 Å². The van der Waals surface area contributed by atoms with Crippen LogP contribution in [0.3, 0.4) is 0 Å². The average molecular weight is 255 g/mol. The molecule has 18 heavy (non-hydrogen) atoms. The van der Waals surface area contributed by atoms with E-state index in [-0.39, 0.29) is 11.7 Å². The van der Waals surface area contributed by atoms with Gasteiger partial charge in [0.15, 0.2) is 0 Å². The van der Waals surface area contributed by atoms with Gasteiger partial charge in [0.25, 0.3) is 0 Å². The van der Waals surface area contributed by atoms with Crippen LogP contribution in [0.5, 0.6) is 0 Å². The highest BCUT2D eigenvalue weighted by Crippen LogP contribution is 2.23. The molecule has 1 aromatic heterocycles. The van der Waals surface area contributed by atoms with Crippen molar-refractivity contribution in [1.82, 2.24) is 9.55 Å². The van der Waals surface area contributed by atoms with Crippen molar-refractivity contribution in [2.45, 2.75) is 26.2 Å². The van der Waals surface area contributed by atoms with Crippen molar-refractivity contribution < 1.29 is 9.72 Å². The summed E-state index contributed by atoms with van der Waals surface area (Å²) in [4.78, 5) is 24.7. The summed E-state index contributed by atoms with van der Waals surface area (Å²) >= 11 is 0. The van der Waals surface area contributed by atoms with Crippen LogP contribution in [0.2, 0.25) is 0 Å². The van der Waals surface area contributed by atoms with Crippen molar-refractivity contribution in [2.24, 2.45) is 12.8 Å². The molecule has 0 saturated carbocycles. The molecule has 0 atom stereocenters. The van der Waals surface area contributed by atoms with Gasteiger partial charge in [-0.25, -0.2) is 0 Å². The number of unbranched alkanes of at least 4 members (excludes halogenated alkanes) is 1. The average Bonchev–Trinajstić information content (AvgIpc) is 2.56. The molecule has 1 aromatic rings. The highest BCUT2D eigenvalue weighted by molar-refractivity contribution is 5.73. The highest BCUT2D eigenvalue weighted by atomic mass is 16.6. The number of hydrogen-bond acceptors (Lipinski definition) is 5. The second-order valence-corrected chi connectivity index (χ2v) is 4.00. The van der Waals surface area contributed by atoms with Gasteiger partial charge in [0.05, 0.1) is 0 Å². The maximum Gasteiger partial charge on any atom is 0.406 e. The van der Waals surface area contributed by atoms with Gasteiger partial charge in [0.2, 0.25) is 17.5 Å². The van der Waals surface area contributed by atoms with E-state index < -0.39 is 4.92 Å². The molecule has 0 aliphatic rings. The van der Waals surface area contributed by atoms with E-state index in [1.807, 2.05) is 0 Å². The number of carbonyl (C=O) groups excluding carboxylic acids is 1. The summed E-state index contributed by atoms with van der Waals surface area (Å²) in [6.45, 7) is 2.23. The Kier molecular flexibility index (Phi) is 4.64. The third-order valence-corrected chi connectivity index (χ3v) is 2.62. The Balaban J connectivity index is 2.56. The van der Waals surface area contributed by atoms with Gasteiger partial charge in [0, 0.05) is 26.9 Å². The van der Waals surface area contributed by atoms with Crippen LogP contribution in [0.15, 0.2) is 0 Å². The Morgan fingerprint density at radius 3 is 2.78 bits per heavy atom. The molecule has 1 amide bonds. The molecule has 0 aromatic carbocycles. The van der Waals surface area contributed by atoms with E-state index in [0.717, 1.165) is 0 Å². The summed E-state index contributed by atoms with van der Waals surface area (Å²) in [6.07, 6.45) is 1.70. The fourth-order valence-electron chi connectivity index (χ4n) is 1.55. The number of amides is 1. The minimum Gasteiger partial charge on any atom is -0.370 e. The van der Waals surface area contributed by atoms with E-state index in [4.69, 9.17) is 5.73 Å². The quantitative estimate of drug-likeness (QED) is 0.422. The zero-order chi connectivity index (χ0) is 13.7. The number of aryl methyl sites for hydroxylation is 1. The van der Waals surface area contributed by atoms with Crippen LogP contribution in [0, 0.1) is 17.0 Å². The molecule has 0 fully saturated rings. The number of nitrogens with one attached hydrogen (secondary N) is 1. The highest BCUT2D eigenvalue weighted by Gasteiger charge is 2.22. The lowest BCUT2D eigenvalue weighted by Gasteiger charge is -2.05. The molecule has 0 aliphatic heterocycles. The number of aromatic nitrogens is 2. The van der Waals surface area contributed by atoms with Crippen LogP contribution in [0.25, 0.3) is 0 Å². The van der Waals surface area contributed by atoms with E-state index >= 15 is 0 Å². The van der Waals surface area contributed by atoms with Gasteiger partial charge in [-0.1, -0.05) is 0 Å². The Morgan fingerprint density at radius 2 is 2.22 bits per heavy atom. The lowest BCUT2D eigenvalue weighted by Crippen LogP contribution is -2.12. The van der Waals surface area contributed by atoms with E-state index in [1.54, 1.807) is 18.5 Å². The first kappa shape index (κ1) is 13.9. The minimum absolute atomic E-state index is 0.176. The van der Waals surface area contributed by atoms with E-state index in [9.17, 15) is 14.9 Å². The molecule has 0 saturated heterocycles. The Morgan fingerprint density at radius 1 is 1.56 bits per heavy atom. The Hall–Kier alpha value is -2.12. The molecule has 1 heterocycles. The van der Waals surface area contributed by atoms with Crippen molar-refractivity contribution in [1.29, 1.82) is 0 Å².